The number of amides is 2. The lowest BCUT2D eigenvalue weighted by molar-refractivity contribution is -0.172. The number of nitrogens with one attached hydrogen (secondary N) is 2. The van der Waals surface area contributed by atoms with Gasteiger partial charge in [-0.05, 0) is 47.9 Å². The number of rotatable bonds is 12. The first-order valence-electron chi connectivity index (χ1n) is 14.9. The number of ether oxygens (including phenoxy) is 4. The second kappa shape index (κ2) is 14.4. The molecule has 2 aromatic rings. The van der Waals surface area contributed by atoms with E-state index in [9.17, 15) is 19.5 Å². The summed E-state index contributed by atoms with van der Waals surface area (Å²) in [5.74, 6) is -2.90. The van der Waals surface area contributed by atoms with E-state index in [0.717, 1.165) is 11.1 Å². The van der Waals surface area contributed by atoms with E-state index in [0.29, 0.717) is 18.4 Å². The van der Waals surface area contributed by atoms with Gasteiger partial charge in [-0.2, -0.15) is 0 Å². The molecule has 2 amide bonds. The van der Waals surface area contributed by atoms with Crippen molar-refractivity contribution in [3.05, 3.63) is 88.7 Å². The third-order valence-corrected chi connectivity index (χ3v) is 7.92. The van der Waals surface area contributed by atoms with Crippen molar-refractivity contribution < 1.29 is 48.7 Å². The van der Waals surface area contributed by atoms with E-state index in [1.54, 1.807) is 36.4 Å². The van der Waals surface area contributed by atoms with Crippen molar-refractivity contribution in [2.75, 3.05) is 26.4 Å². The van der Waals surface area contributed by atoms with Gasteiger partial charge in [-0.1, -0.05) is 36.4 Å². The molecule has 5 unspecified atom stereocenters. The van der Waals surface area contributed by atoms with E-state index in [2.05, 4.69) is 10.6 Å². The number of hydrogen-bond acceptors (Lipinski definition) is 10. The average molecular weight is 623 g/mol. The van der Waals surface area contributed by atoms with E-state index in [1.807, 2.05) is 24.3 Å². The van der Waals surface area contributed by atoms with Gasteiger partial charge in [-0.15, -0.1) is 0 Å². The molecule has 1 spiro atoms. The van der Waals surface area contributed by atoms with Crippen molar-refractivity contribution >= 4 is 23.9 Å². The Bertz CT molecular complexity index is 1430. The van der Waals surface area contributed by atoms with Crippen molar-refractivity contribution in [1.82, 2.24) is 10.6 Å². The van der Waals surface area contributed by atoms with Crippen LogP contribution in [-0.2, 0) is 41.4 Å². The molecule has 240 valence electrons. The molecule has 5 atom stereocenters. The molecular formula is C33H38N2O10. The molecule has 5 rings (SSSR count). The Hall–Kier alpha value is -4.07. The minimum atomic E-state index is -1.28. The smallest absolute Gasteiger partial charge is 0.338 e. The Kier molecular flexibility index (Phi) is 10.3. The summed E-state index contributed by atoms with van der Waals surface area (Å²) in [6.45, 7) is 1.06. The first-order chi connectivity index (χ1) is 21.7. The summed E-state index contributed by atoms with van der Waals surface area (Å²) >= 11 is 0. The first kappa shape index (κ1) is 32.3. The van der Waals surface area contributed by atoms with Crippen molar-refractivity contribution in [2.45, 2.75) is 62.4 Å². The monoisotopic (exact) mass is 622 g/mol. The van der Waals surface area contributed by atoms with E-state index < -0.39 is 54.0 Å². The zero-order valence-corrected chi connectivity index (χ0v) is 24.9. The molecule has 1 fully saturated rings. The SMILES string of the molecule is CC(O)C(NC(=O)C1=CC2OC3(Cc4ccccc4C3)OC2C(OC(=O)c2cccc(C=COCCO)c2)C1)C(=O)NCCO. The zero-order valence-electron chi connectivity index (χ0n) is 24.9. The minimum absolute atomic E-state index is 0.0233. The molecule has 0 radical (unpaired) electrons. The summed E-state index contributed by atoms with van der Waals surface area (Å²) in [6.07, 6.45) is 2.12. The van der Waals surface area contributed by atoms with Gasteiger partial charge < -0.3 is 44.9 Å². The predicted octanol–water partition coefficient (Wildman–Crippen LogP) is 0.775. The van der Waals surface area contributed by atoms with Crippen LogP contribution in [-0.4, -0.2) is 95.7 Å². The molecule has 12 nitrogen and oxygen atoms in total. The Balaban J connectivity index is 1.37. The molecule has 0 aromatic heterocycles. The quantitative estimate of drug-likeness (QED) is 0.129. The van der Waals surface area contributed by atoms with Gasteiger partial charge in [0, 0.05) is 31.4 Å². The maximum atomic E-state index is 13.5. The Morgan fingerprint density at radius 3 is 2.51 bits per heavy atom. The fraction of sp³-hybridized carbons (Fsp3) is 0.424. The lowest BCUT2D eigenvalue weighted by Gasteiger charge is -2.31. The highest BCUT2D eigenvalue weighted by Crippen LogP contribution is 2.45. The highest BCUT2D eigenvalue weighted by atomic mass is 16.8. The predicted molar refractivity (Wildman–Crippen MR) is 160 cm³/mol. The number of benzene rings is 2. The molecule has 5 N–H and O–H groups in total. The number of hydrogen-bond donors (Lipinski definition) is 5. The number of aliphatic hydroxyl groups is 3. The Morgan fingerprint density at radius 2 is 1.82 bits per heavy atom. The van der Waals surface area contributed by atoms with Crippen molar-refractivity contribution in [3.63, 3.8) is 0 Å². The highest BCUT2D eigenvalue weighted by molar-refractivity contribution is 5.97. The van der Waals surface area contributed by atoms with Crippen molar-refractivity contribution in [2.24, 2.45) is 0 Å². The van der Waals surface area contributed by atoms with Crippen LogP contribution < -0.4 is 10.6 Å². The molecule has 1 heterocycles. The van der Waals surface area contributed by atoms with Gasteiger partial charge in [0.15, 0.2) is 5.79 Å². The summed E-state index contributed by atoms with van der Waals surface area (Å²) in [5, 5.41) is 33.2. The fourth-order valence-electron chi connectivity index (χ4n) is 5.81. The standard InChI is InChI=1S/C33H38N2O10/c1-20(38)28(31(40)34-10-11-36)35-30(39)25-16-26(43-32(41)22-8-4-5-21(15-22)9-13-42-14-12-37)29-27(17-25)44-33(45-29)18-23-6-2-3-7-24(23)19-33/h2-9,13,15,17,20,26-29,36-38H,10-12,14,16,18-19H2,1H3,(H,34,40)(H,35,39). The van der Waals surface area contributed by atoms with E-state index in [4.69, 9.17) is 29.2 Å². The van der Waals surface area contributed by atoms with Gasteiger partial charge in [0.1, 0.15) is 31.0 Å². The molecular weight excluding hydrogens is 584 g/mol. The van der Waals surface area contributed by atoms with Crippen molar-refractivity contribution in [3.8, 4) is 0 Å². The molecule has 0 saturated carbocycles. The van der Waals surface area contributed by atoms with Crippen LogP contribution in [0.4, 0.5) is 0 Å². The van der Waals surface area contributed by atoms with Crippen LogP contribution in [0.25, 0.3) is 6.08 Å². The number of carbonyl (C=O) groups is 3. The van der Waals surface area contributed by atoms with Gasteiger partial charge in [0.2, 0.25) is 11.8 Å². The molecule has 1 saturated heterocycles. The van der Waals surface area contributed by atoms with Crippen LogP contribution in [0.2, 0.25) is 0 Å². The fourth-order valence-corrected chi connectivity index (χ4v) is 5.81. The molecule has 45 heavy (non-hydrogen) atoms. The van der Waals surface area contributed by atoms with E-state index >= 15 is 0 Å². The van der Waals surface area contributed by atoms with Crippen LogP contribution in [0, 0.1) is 0 Å². The average Bonchev–Trinajstić information content (AvgIpc) is 3.58. The zero-order chi connectivity index (χ0) is 32.0. The number of esters is 1. The van der Waals surface area contributed by atoms with Gasteiger partial charge in [-0.25, -0.2) is 4.79 Å². The summed E-state index contributed by atoms with van der Waals surface area (Å²) in [6, 6.07) is 13.4. The second-order valence-corrected chi connectivity index (χ2v) is 11.3. The summed E-state index contributed by atoms with van der Waals surface area (Å²) in [7, 11) is 0. The summed E-state index contributed by atoms with van der Waals surface area (Å²) < 4.78 is 24.1. The molecule has 2 aliphatic carbocycles. The van der Waals surface area contributed by atoms with Crippen molar-refractivity contribution in [1.29, 1.82) is 0 Å². The maximum Gasteiger partial charge on any atom is 0.338 e. The summed E-state index contributed by atoms with van der Waals surface area (Å²) in [5.41, 5.74) is 3.34. The van der Waals surface area contributed by atoms with E-state index in [-0.39, 0.29) is 43.9 Å². The van der Waals surface area contributed by atoms with Gasteiger partial charge in [0.05, 0.1) is 31.1 Å². The first-order valence-corrected chi connectivity index (χ1v) is 14.9. The number of carbonyl (C=O) groups excluding carboxylic acids is 3. The Labute approximate surface area is 260 Å². The third-order valence-electron chi connectivity index (χ3n) is 7.92. The third kappa shape index (κ3) is 7.60. The van der Waals surface area contributed by atoms with E-state index in [1.165, 1.54) is 13.2 Å². The summed E-state index contributed by atoms with van der Waals surface area (Å²) in [4.78, 5) is 39.5. The molecule has 1 aliphatic heterocycles. The maximum absolute atomic E-state index is 13.5. The molecule has 3 aliphatic rings. The van der Waals surface area contributed by atoms with Gasteiger partial charge in [0.25, 0.3) is 0 Å². The molecule has 2 aromatic carbocycles. The van der Waals surface area contributed by atoms with Crippen LogP contribution in [0.15, 0.2) is 66.4 Å². The highest BCUT2D eigenvalue weighted by Gasteiger charge is 2.55. The van der Waals surface area contributed by atoms with Gasteiger partial charge in [-0.3, -0.25) is 9.59 Å². The van der Waals surface area contributed by atoms with Gasteiger partial charge >= 0.3 is 5.97 Å². The van der Waals surface area contributed by atoms with Crippen LogP contribution in [0.3, 0.4) is 0 Å². The Morgan fingerprint density at radius 1 is 1.07 bits per heavy atom. The largest absolute Gasteiger partial charge is 0.499 e. The molecule has 0 bridgehead atoms. The van der Waals surface area contributed by atoms with Crippen LogP contribution in [0.1, 0.15) is 40.4 Å². The lowest BCUT2D eigenvalue weighted by atomic mass is 9.91. The van der Waals surface area contributed by atoms with Crippen LogP contribution >= 0.6 is 0 Å². The minimum Gasteiger partial charge on any atom is -0.499 e. The topological polar surface area (TPSA) is 173 Å². The normalized spacial score (nSPS) is 22.7. The number of aliphatic hydroxyl groups excluding tert-OH is 3. The lowest BCUT2D eigenvalue weighted by Crippen LogP contribution is -2.54. The van der Waals surface area contributed by atoms with Crippen LogP contribution in [0.5, 0.6) is 0 Å². The number of fused-ring (bicyclic) bond motifs is 2. The molecule has 12 heteroatoms. The second-order valence-electron chi connectivity index (χ2n) is 11.3.